The Morgan fingerprint density at radius 1 is 1.00 bits per heavy atom. The van der Waals surface area contributed by atoms with Crippen molar-refractivity contribution in [2.24, 2.45) is 10.9 Å². The van der Waals surface area contributed by atoms with E-state index in [2.05, 4.69) is 15.6 Å². The Kier molecular flexibility index (Phi) is 11.0. The third-order valence-corrected chi connectivity index (χ3v) is 5.56. The van der Waals surface area contributed by atoms with Crippen molar-refractivity contribution in [2.45, 2.75) is 52.5 Å². The van der Waals surface area contributed by atoms with E-state index in [1.165, 1.54) is 6.07 Å². The van der Waals surface area contributed by atoms with Crippen molar-refractivity contribution in [3.05, 3.63) is 35.6 Å². The van der Waals surface area contributed by atoms with Crippen LogP contribution in [0.5, 0.6) is 0 Å². The van der Waals surface area contributed by atoms with E-state index >= 15 is 0 Å². The Morgan fingerprint density at radius 2 is 1.66 bits per heavy atom. The molecule has 1 aromatic rings. The molecule has 1 aromatic carbocycles. The van der Waals surface area contributed by atoms with Gasteiger partial charge >= 0.3 is 0 Å². The summed E-state index contributed by atoms with van der Waals surface area (Å²) in [7, 11) is 1.69. The number of benzene rings is 1. The highest BCUT2D eigenvalue weighted by atomic mass is 19.1. The average Bonchev–Trinajstić information content (AvgIpc) is 2.78. The first-order valence-corrected chi connectivity index (χ1v) is 11.6. The highest BCUT2D eigenvalue weighted by molar-refractivity contribution is 5.79. The molecule has 1 aliphatic rings. The second kappa shape index (κ2) is 13.7. The number of hydrogen-bond acceptors (Lipinski definition) is 3. The highest BCUT2D eigenvalue weighted by Gasteiger charge is 2.23. The van der Waals surface area contributed by atoms with E-state index in [1.807, 2.05) is 29.7 Å². The van der Waals surface area contributed by atoms with Gasteiger partial charge in [0.25, 0.3) is 0 Å². The van der Waals surface area contributed by atoms with Gasteiger partial charge in [0, 0.05) is 64.7 Å². The number of unbranched alkanes of at least 4 members (excludes halogenated alkanes) is 2. The van der Waals surface area contributed by atoms with E-state index in [9.17, 15) is 14.0 Å². The van der Waals surface area contributed by atoms with Gasteiger partial charge in [-0.3, -0.25) is 14.6 Å². The zero-order valence-corrected chi connectivity index (χ0v) is 19.7. The Morgan fingerprint density at radius 3 is 2.28 bits per heavy atom. The van der Waals surface area contributed by atoms with Gasteiger partial charge in [-0.1, -0.05) is 38.5 Å². The Balaban J connectivity index is 1.55. The van der Waals surface area contributed by atoms with E-state index in [4.69, 9.17) is 0 Å². The summed E-state index contributed by atoms with van der Waals surface area (Å²) in [6.07, 6.45) is 3.82. The van der Waals surface area contributed by atoms with Crippen LogP contribution in [0.1, 0.15) is 51.5 Å². The van der Waals surface area contributed by atoms with Gasteiger partial charge in [0.05, 0.1) is 0 Å². The normalized spacial score (nSPS) is 14.6. The smallest absolute Gasteiger partial charge is 0.222 e. The average molecular weight is 448 g/mol. The number of hydrogen-bond donors (Lipinski definition) is 2. The van der Waals surface area contributed by atoms with Crippen molar-refractivity contribution >= 4 is 17.8 Å². The number of halogens is 1. The van der Waals surface area contributed by atoms with Crippen molar-refractivity contribution in [3.63, 3.8) is 0 Å². The van der Waals surface area contributed by atoms with Crippen LogP contribution in [-0.2, 0) is 16.1 Å². The monoisotopic (exact) mass is 447 g/mol. The molecule has 0 radical (unpaired) electrons. The molecule has 1 heterocycles. The van der Waals surface area contributed by atoms with Crippen LogP contribution in [0.15, 0.2) is 29.3 Å². The van der Waals surface area contributed by atoms with Gasteiger partial charge in [-0.05, 0) is 24.8 Å². The fraction of sp³-hybridized carbons (Fsp3) is 0.625. The molecular formula is C24H38FN5O2. The Bertz CT molecular complexity index is 761. The van der Waals surface area contributed by atoms with E-state index in [0.717, 1.165) is 25.8 Å². The number of nitrogens with one attached hydrogen (secondary N) is 2. The molecule has 8 heteroatoms. The first-order chi connectivity index (χ1) is 15.4. The number of aliphatic imine (C=N–C) groups is 1. The minimum absolute atomic E-state index is 0.177. The molecule has 0 spiro atoms. The molecule has 0 saturated carbocycles. The molecule has 2 N–H and O–H groups in total. The molecule has 2 amide bonds. The number of guanidine groups is 1. The fourth-order valence-electron chi connectivity index (χ4n) is 3.67. The van der Waals surface area contributed by atoms with Crippen LogP contribution in [0.4, 0.5) is 4.39 Å². The van der Waals surface area contributed by atoms with Gasteiger partial charge in [0.15, 0.2) is 5.96 Å². The molecule has 2 rings (SSSR count). The number of carbonyl (C=O) groups excluding carboxylic acids is 2. The highest BCUT2D eigenvalue weighted by Crippen LogP contribution is 2.11. The van der Waals surface area contributed by atoms with Gasteiger partial charge in [-0.25, -0.2) is 4.39 Å². The zero-order chi connectivity index (χ0) is 23.3. The van der Waals surface area contributed by atoms with Crippen LogP contribution < -0.4 is 10.6 Å². The van der Waals surface area contributed by atoms with Gasteiger partial charge < -0.3 is 20.4 Å². The third-order valence-electron chi connectivity index (χ3n) is 5.56. The van der Waals surface area contributed by atoms with E-state index < -0.39 is 0 Å². The third kappa shape index (κ3) is 8.85. The summed E-state index contributed by atoms with van der Waals surface area (Å²) in [5.41, 5.74) is 0.596. The van der Waals surface area contributed by atoms with Gasteiger partial charge in [-0.15, -0.1) is 0 Å². The van der Waals surface area contributed by atoms with Crippen molar-refractivity contribution in [1.82, 2.24) is 20.4 Å². The molecule has 0 aromatic heterocycles. The molecule has 0 atom stereocenters. The maximum Gasteiger partial charge on any atom is 0.222 e. The predicted molar refractivity (Wildman–Crippen MR) is 126 cm³/mol. The molecule has 178 valence electrons. The Labute approximate surface area is 191 Å². The number of nitrogens with zero attached hydrogens (tertiary/aromatic N) is 3. The van der Waals surface area contributed by atoms with Gasteiger partial charge in [0.1, 0.15) is 5.82 Å². The lowest BCUT2D eigenvalue weighted by Crippen LogP contribution is -2.50. The van der Waals surface area contributed by atoms with Crippen molar-refractivity contribution < 1.29 is 14.0 Å². The molecule has 1 aliphatic heterocycles. The Hall–Kier alpha value is -2.64. The number of rotatable bonds is 10. The lowest BCUT2D eigenvalue weighted by Gasteiger charge is -2.35. The topological polar surface area (TPSA) is 77.0 Å². The van der Waals surface area contributed by atoms with Crippen LogP contribution in [0, 0.1) is 11.7 Å². The van der Waals surface area contributed by atoms with Crippen LogP contribution >= 0.6 is 0 Å². The predicted octanol–water partition coefficient (Wildman–Crippen LogP) is 2.77. The fourth-order valence-corrected chi connectivity index (χ4v) is 3.67. The second-order valence-corrected chi connectivity index (χ2v) is 8.61. The molecule has 7 nitrogen and oxygen atoms in total. The summed E-state index contributed by atoms with van der Waals surface area (Å²) in [4.78, 5) is 32.5. The summed E-state index contributed by atoms with van der Waals surface area (Å²) in [6.45, 7) is 7.75. The second-order valence-electron chi connectivity index (χ2n) is 8.61. The van der Waals surface area contributed by atoms with Gasteiger partial charge in [-0.2, -0.15) is 0 Å². The summed E-state index contributed by atoms with van der Waals surface area (Å²) >= 11 is 0. The number of carbonyl (C=O) groups is 2. The summed E-state index contributed by atoms with van der Waals surface area (Å²) < 4.78 is 13.7. The number of amides is 2. The van der Waals surface area contributed by atoms with E-state index in [-0.39, 0.29) is 17.6 Å². The van der Waals surface area contributed by atoms with Crippen molar-refractivity contribution in [2.75, 3.05) is 39.8 Å². The molecular weight excluding hydrogens is 409 g/mol. The molecule has 1 saturated heterocycles. The molecule has 0 aliphatic carbocycles. The maximum absolute atomic E-state index is 13.7. The van der Waals surface area contributed by atoms with Crippen LogP contribution in [-0.4, -0.2) is 67.3 Å². The van der Waals surface area contributed by atoms with E-state index in [1.54, 1.807) is 19.2 Å². The molecule has 0 unspecified atom stereocenters. The first kappa shape index (κ1) is 25.6. The quantitative estimate of drug-likeness (QED) is 0.329. The van der Waals surface area contributed by atoms with E-state index in [0.29, 0.717) is 63.0 Å². The van der Waals surface area contributed by atoms with Crippen molar-refractivity contribution in [3.8, 4) is 0 Å². The van der Waals surface area contributed by atoms with Gasteiger partial charge in [0.2, 0.25) is 11.8 Å². The summed E-state index contributed by atoms with van der Waals surface area (Å²) in [6, 6.07) is 6.67. The molecule has 32 heavy (non-hydrogen) atoms. The minimum Gasteiger partial charge on any atom is -0.356 e. The number of piperazine rings is 1. The van der Waals surface area contributed by atoms with Crippen molar-refractivity contribution in [1.29, 1.82) is 0 Å². The van der Waals surface area contributed by atoms with Crippen LogP contribution in [0.2, 0.25) is 0 Å². The minimum atomic E-state index is -0.233. The maximum atomic E-state index is 13.7. The summed E-state index contributed by atoms with van der Waals surface area (Å²) in [5, 5.41) is 6.33. The summed E-state index contributed by atoms with van der Waals surface area (Å²) in [5.74, 6) is 1.13. The van der Waals surface area contributed by atoms with Crippen LogP contribution in [0.3, 0.4) is 0 Å². The standard InChI is InChI=1S/C24H38FN5O2/c1-19(2)17-23(32)30-15-13-29(14-16-30)22(31)11-5-4-8-12-27-24(26-3)28-18-20-9-6-7-10-21(20)25/h6-7,9-10,19H,4-5,8,11-18H2,1-3H3,(H2,26,27,28). The molecule has 1 fully saturated rings. The lowest BCUT2D eigenvalue weighted by molar-refractivity contribution is -0.140. The first-order valence-electron chi connectivity index (χ1n) is 11.6. The largest absolute Gasteiger partial charge is 0.356 e. The van der Waals surface area contributed by atoms with Crippen LogP contribution in [0.25, 0.3) is 0 Å². The SMILES string of the molecule is CN=C(NCCCCCC(=O)N1CCN(C(=O)CC(C)C)CC1)NCc1ccccc1F. The zero-order valence-electron chi connectivity index (χ0n) is 19.7. The molecule has 0 bridgehead atoms. The lowest BCUT2D eigenvalue weighted by atomic mass is 10.1.